The van der Waals surface area contributed by atoms with E-state index in [9.17, 15) is 4.79 Å². The van der Waals surface area contributed by atoms with Gasteiger partial charge >= 0.3 is 5.97 Å². The molecule has 0 rings (SSSR count). The number of carbonyl (C=O) groups is 1. The van der Waals surface area contributed by atoms with E-state index in [0.717, 1.165) is 19.3 Å². The van der Waals surface area contributed by atoms with Crippen LogP contribution in [0.5, 0.6) is 0 Å². The van der Waals surface area contributed by atoms with Crippen molar-refractivity contribution in [2.24, 2.45) is 5.41 Å². The third kappa shape index (κ3) is 6.86. The highest BCUT2D eigenvalue weighted by Gasteiger charge is 2.22. The van der Waals surface area contributed by atoms with Gasteiger partial charge in [-0.15, -0.1) is 0 Å². The molecule has 0 aromatic rings. The smallest absolute Gasteiger partial charge is 0.311 e. The van der Waals surface area contributed by atoms with E-state index in [1.807, 2.05) is 20.8 Å². The lowest BCUT2D eigenvalue weighted by Gasteiger charge is -2.16. The van der Waals surface area contributed by atoms with Crippen LogP contribution in [0.2, 0.25) is 0 Å². The molecule has 0 fully saturated rings. The molecule has 0 aliphatic rings. The second-order valence-corrected chi connectivity index (χ2v) is 4.35. The Morgan fingerprint density at radius 3 is 2.43 bits per heavy atom. The summed E-state index contributed by atoms with van der Waals surface area (Å²) >= 11 is 0. The Kier molecular flexibility index (Phi) is 6.49. The molecule has 4 heteroatoms. The Bertz CT molecular complexity index is 163. The lowest BCUT2D eigenvalue weighted by molar-refractivity contribution is -0.153. The molecule has 0 amide bonds. The summed E-state index contributed by atoms with van der Waals surface area (Å²) in [6.07, 6.45) is 2.69. The maximum absolute atomic E-state index is 11.3. The van der Waals surface area contributed by atoms with E-state index in [1.54, 1.807) is 0 Å². The van der Waals surface area contributed by atoms with Gasteiger partial charge in [-0.2, -0.15) is 0 Å². The predicted octanol–water partition coefficient (Wildman–Crippen LogP) is 1.72. The summed E-state index contributed by atoms with van der Waals surface area (Å²) in [5, 5.41) is 8.28. The molecule has 0 radical (unpaired) electrons. The molecule has 0 aromatic carbocycles. The Morgan fingerprint density at radius 2 is 1.93 bits per heavy atom. The largest absolute Gasteiger partial charge is 0.465 e. The van der Waals surface area contributed by atoms with Crippen LogP contribution in [0, 0.1) is 5.41 Å². The van der Waals surface area contributed by atoms with Gasteiger partial charge in [-0.3, -0.25) is 4.79 Å². The molecular formula is C10H21NO3. The van der Waals surface area contributed by atoms with Crippen molar-refractivity contribution in [2.75, 3.05) is 13.2 Å². The topological polar surface area (TPSA) is 58.6 Å². The Balaban J connectivity index is 3.33. The number of hydrogen-bond acceptors (Lipinski definition) is 4. The van der Waals surface area contributed by atoms with Crippen molar-refractivity contribution in [2.45, 2.75) is 40.0 Å². The minimum atomic E-state index is -0.410. The van der Waals surface area contributed by atoms with Gasteiger partial charge in [0.25, 0.3) is 0 Å². The number of unbranched alkanes of at least 4 members (excludes halogenated alkanes) is 2. The third-order valence-corrected chi connectivity index (χ3v) is 1.78. The highest BCUT2D eigenvalue weighted by atomic mass is 16.5. The normalized spacial score (nSPS) is 11.4. The lowest BCUT2D eigenvalue weighted by Crippen LogP contribution is -2.23. The van der Waals surface area contributed by atoms with Crippen molar-refractivity contribution in [1.82, 2.24) is 5.48 Å². The first-order valence-corrected chi connectivity index (χ1v) is 5.02. The average molecular weight is 203 g/mol. The average Bonchev–Trinajstić information content (AvgIpc) is 2.09. The highest BCUT2D eigenvalue weighted by molar-refractivity contribution is 5.75. The van der Waals surface area contributed by atoms with Crippen LogP contribution in [-0.4, -0.2) is 24.3 Å². The van der Waals surface area contributed by atoms with E-state index in [-0.39, 0.29) is 5.97 Å². The van der Waals surface area contributed by atoms with Crippen LogP contribution < -0.4 is 5.48 Å². The standard InChI is InChI=1S/C10H21NO3/c1-10(2,3)9(12)14-8-6-4-5-7-11-13/h11,13H,4-8H2,1-3H3. The molecular weight excluding hydrogens is 182 g/mol. The van der Waals surface area contributed by atoms with Crippen LogP contribution in [0.15, 0.2) is 0 Å². The molecule has 14 heavy (non-hydrogen) atoms. The lowest BCUT2D eigenvalue weighted by atomic mass is 9.97. The second kappa shape index (κ2) is 6.79. The molecule has 0 saturated carbocycles. The predicted molar refractivity (Wildman–Crippen MR) is 54.1 cm³/mol. The maximum atomic E-state index is 11.3. The van der Waals surface area contributed by atoms with Crippen molar-refractivity contribution in [3.05, 3.63) is 0 Å². The van der Waals surface area contributed by atoms with Gasteiger partial charge in [0.05, 0.1) is 12.0 Å². The highest BCUT2D eigenvalue weighted by Crippen LogP contribution is 2.15. The molecule has 0 bridgehead atoms. The summed E-state index contributed by atoms with van der Waals surface area (Å²) in [6, 6.07) is 0. The molecule has 0 aliphatic carbocycles. The van der Waals surface area contributed by atoms with Crippen LogP contribution in [0.4, 0.5) is 0 Å². The maximum Gasteiger partial charge on any atom is 0.311 e. The van der Waals surface area contributed by atoms with Gasteiger partial charge in [-0.1, -0.05) is 0 Å². The Hall–Kier alpha value is -0.610. The van der Waals surface area contributed by atoms with E-state index >= 15 is 0 Å². The van der Waals surface area contributed by atoms with Gasteiger partial charge in [0.2, 0.25) is 0 Å². The van der Waals surface area contributed by atoms with Gasteiger partial charge < -0.3 is 9.94 Å². The number of esters is 1. The van der Waals surface area contributed by atoms with Gasteiger partial charge in [-0.25, -0.2) is 5.48 Å². The minimum absolute atomic E-state index is 0.155. The van der Waals surface area contributed by atoms with Gasteiger partial charge in [0, 0.05) is 6.54 Å². The van der Waals surface area contributed by atoms with Crippen molar-refractivity contribution >= 4 is 5.97 Å². The number of hydrogen-bond donors (Lipinski definition) is 2. The van der Waals surface area contributed by atoms with E-state index in [1.165, 1.54) is 0 Å². The van der Waals surface area contributed by atoms with Crippen LogP contribution in [0.3, 0.4) is 0 Å². The molecule has 0 saturated heterocycles. The molecule has 0 unspecified atom stereocenters. The fourth-order valence-electron chi connectivity index (χ4n) is 0.864. The third-order valence-electron chi connectivity index (χ3n) is 1.78. The summed E-state index contributed by atoms with van der Waals surface area (Å²) in [5.74, 6) is -0.155. The summed E-state index contributed by atoms with van der Waals surface area (Å²) in [4.78, 5) is 11.3. The van der Waals surface area contributed by atoms with Crippen molar-refractivity contribution in [3.63, 3.8) is 0 Å². The summed E-state index contributed by atoms with van der Waals surface area (Å²) < 4.78 is 5.06. The summed E-state index contributed by atoms with van der Waals surface area (Å²) in [7, 11) is 0. The van der Waals surface area contributed by atoms with Crippen molar-refractivity contribution in [1.29, 1.82) is 0 Å². The first-order chi connectivity index (χ1) is 6.48. The fraction of sp³-hybridized carbons (Fsp3) is 0.900. The Labute approximate surface area is 85.6 Å². The van der Waals surface area contributed by atoms with Crippen molar-refractivity contribution in [3.8, 4) is 0 Å². The zero-order chi connectivity index (χ0) is 11.0. The zero-order valence-electron chi connectivity index (χ0n) is 9.30. The zero-order valence-corrected chi connectivity index (χ0v) is 9.30. The first-order valence-electron chi connectivity index (χ1n) is 5.02. The van der Waals surface area contributed by atoms with Crippen LogP contribution in [-0.2, 0) is 9.53 Å². The monoisotopic (exact) mass is 203 g/mol. The first kappa shape index (κ1) is 13.4. The number of carbonyl (C=O) groups excluding carboxylic acids is 1. The molecule has 0 atom stereocenters. The summed E-state index contributed by atoms with van der Waals surface area (Å²) in [5.41, 5.74) is 1.67. The molecule has 4 nitrogen and oxygen atoms in total. The number of hydroxylamine groups is 1. The molecule has 2 N–H and O–H groups in total. The molecule has 0 heterocycles. The molecule has 0 aromatic heterocycles. The van der Waals surface area contributed by atoms with Gasteiger partial charge in [0.15, 0.2) is 0 Å². The minimum Gasteiger partial charge on any atom is -0.465 e. The van der Waals surface area contributed by atoms with Crippen LogP contribution >= 0.6 is 0 Å². The number of rotatable bonds is 6. The van der Waals surface area contributed by atoms with Gasteiger partial charge in [0.1, 0.15) is 0 Å². The van der Waals surface area contributed by atoms with Crippen LogP contribution in [0.25, 0.3) is 0 Å². The summed E-state index contributed by atoms with van der Waals surface area (Å²) in [6.45, 7) is 6.58. The SMILES string of the molecule is CC(C)(C)C(=O)OCCCCCNO. The number of ether oxygens (including phenoxy) is 1. The molecule has 0 spiro atoms. The Morgan fingerprint density at radius 1 is 1.29 bits per heavy atom. The van der Waals surface area contributed by atoms with Crippen LogP contribution in [0.1, 0.15) is 40.0 Å². The van der Waals surface area contributed by atoms with Gasteiger partial charge in [-0.05, 0) is 40.0 Å². The second-order valence-electron chi connectivity index (χ2n) is 4.35. The van der Waals surface area contributed by atoms with E-state index < -0.39 is 5.41 Å². The number of nitrogens with one attached hydrogen (secondary N) is 1. The van der Waals surface area contributed by atoms with E-state index in [4.69, 9.17) is 9.94 Å². The molecule has 0 aliphatic heterocycles. The molecule has 84 valence electrons. The van der Waals surface area contributed by atoms with E-state index in [0.29, 0.717) is 13.2 Å². The van der Waals surface area contributed by atoms with E-state index in [2.05, 4.69) is 5.48 Å². The van der Waals surface area contributed by atoms with Crippen molar-refractivity contribution < 1.29 is 14.7 Å². The quantitative estimate of drug-likeness (QED) is 0.392. The fourth-order valence-corrected chi connectivity index (χ4v) is 0.864.